The van der Waals surface area contributed by atoms with Crippen LogP contribution in [-0.2, 0) is 0 Å². The van der Waals surface area contributed by atoms with E-state index in [2.05, 4.69) is 5.32 Å². The van der Waals surface area contributed by atoms with Gasteiger partial charge in [0.1, 0.15) is 0 Å². The molecule has 0 bridgehead atoms. The SMILES string of the molecule is O=C1CCCN(C(=O)c2ccccc2)c2ccccc21.O=C1CCCNc2ccccc21. The molecule has 2 aliphatic heterocycles. The van der Waals surface area contributed by atoms with E-state index in [4.69, 9.17) is 0 Å². The molecule has 3 aromatic rings. The van der Waals surface area contributed by atoms with Gasteiger partial charge in [0.05, 0.1) is 5.69 Å². The number of nitrogens with zero attached hydrogens (tertiary/aromatic N) is 1. The maximum Gasteiger partial charge on any atom is 0.258 e. The van der Waals surface area contributed by atoms with Gasteiger partial charge in [0.15, 0.2) is 11.6 Å². The molecule has 0 unspecified atom stereocenters. The Hall–Kier alpha value is -3.73. The Morgan fingerprint density at radius 2 is 1.34 bits per heavy atom. The molecule has 0 saturated heterocycles. The molecule has 0 fully saturated rings. The van der Waals surface area contributed by atoms with Gasteiger partial charge in [-0.2, -0.15) is 0 Å². The van der Waals surface area contributed by atoms with Crippen molar-refractivity contribution in [2.45, 2.75) is 25.7 Å². The molecule has 0 saturated carbocycles. The zero-order valence-corrected chi connectivity index (χ0v) is 17.9. The Morgan fingerprint density at radius 3 is 2.16 bits per heavy atom. The summed E-state index contributed by atoms with van der Waals surface area (Å²) in [6.07, 6.45) is 2.80. The van der Waals surface area contributed by atoms with E-state index in [-0.39, 0.29) is 17.5 Å². The van der Waals surface area contributed by atoms with Gasteiger partial charge in [0.2, 0.25) is 0 Å². The van der Waals surface area contributed by atoms with Crippen LogP contribution in [0.2, 0.25) is 0 Å². The predicted molar refractivity (Wildman–Crippen MR) is 127 cm³/mol. The smallest absolute Gasteiger partial charge is 0.258 e. The van der Waals surface area contributed by atoms with Crippen molar-refractivity contribution in [3.63, 3.8) is 0 Å². The fraction of sp³-hybridized carbons (Fsp3) is 0.222. The van der Waals surface area contributed by atoms with Crippen LogP contribution in [0.5, 0.6) is 0 Å². The van der Waals surface area contributed by atoms with E-state index in [1.165, 1.54) is 0 Å². The van der Waals surface area contributed by atoms with E-state index in [1.807, 2.05) is 60.7 Å². The Labute approximate surface area is 188 Å². The first-order chi connectivity index (χ1) is 15.6. The third kappa shape index (κ3) is 4.78. The highest BCUT2D eigenvalue weighted by molar-refractivity contribution is 6.11. The first-order valence-electron chi connectivity index (χ1n) is 11.0. The van der Waals surface area contributed by atoms with E-state index >= 15 is 0 Å². The lowest BCUT2D eigenvalue weighted by Gasteiger charge is -2.22. The number of fused-ring (bicyclic) bond motifs is 2. The van der Waals surface area contributed by atoms with Crippen molar-refractivity contribution in [2.75, 3.05) is 23.3 Å². The minimum atomic E-state index is -0.0484. The fourth-order valence-electron chi connectivity index (χ4n) is 4.03. The average Bonchev–Trinajstić information content (AvgIpc) is 3.14. The molecule has 162 valence electrons. The van der Waals surface area contributed by atoms with Crippen LogP contribution in [-0.4, -0.2) is 30.6 Å². The molecule has 3 aromatic carbocycles. The van der Waals surface area contributed by atoms with E-state index in [0.717, 1.165) is 29.9 Å². The molecule has 0 aliphatic carbocycles. The van der Waals surface area contributed by atoms with Crippen molar-refractivity contribution in [2.24, 2.45) is 0 Å². The number of hydrogen-bond donors (Lipinski definition) is 1. The highest BCUT2D eigenvalue weighted by atomic mass is 16.2. The van der Waals surface area contributed by atoms with Crippen LogP contribution in [0.1, 0.15) is 56.8 Å². The Morgan fingerprint density at radius 1 is 0.719 bits per heavy atom. The highest BCUT2D eigenvalue weighted by Crippen LogP contribution is 2.27. The number of ketones is 2. The number of carbonyl (C=O) groups excluding carboxylic acids is 3. The molecule has 5 rings (SSSR count). The van der Waals surface area contributed by atoms with Gasteiger partial charge in [0.25, 0.3) is 5.91 Å². The summed E-state index contributed by atoms with van der Waals surface area (Å²) in [4.78, 5) is 37.9. The summed E-state index contributed by atoms with van der Waals surface area (Å²) in [5.41, 5.74) is 3.85. The molecule has 0 atom stereocenters. The van der Waals surface area contributed by atoms with Gasteiger partial charge in [-0.25, -0.2) is 0 Å². The topological polar surface area (TPSA) is 66.5 Å². The van der Waals surface area contributed by atoms with E-state index < -0.39 is 0 Å². The maximum atomic E-state index is 12.6. The molecule has 1 amide bonds. The van der Waals surface area contributed by atoms with Gasteiger partial charge < -0.3 is 10.2 Å². The lowest BCUT2D eigenvalue weighted by Crippen LogP contribution is -2.31. The number of nitrogens with one attached hydrogen (secondary N) is 1. The average molecular weight is 427 g/mol. The number of rotatable bonds is 1. The predicted octanol–water partition coefficient (Wildman–Crippen LogP) is 5.38. The Bertz CT molecular complexity index is 1120. The summed E-state index contributed by atoms with van der Waals surface area (Å²) in [7, 11) is 0. The Balaban J connectivity index is 0.000000174. The highest BCUT2D eigenvalue weighted by Gasteiger charge is 2.25. The maximum absolute atomic E-state index is 12.6. The van der Waals surface area contributed by atoms with Crippen LogP contribution in [0.25, 0.3) is 0 Å². The van der Waals surface area contributed by atoms with Crippen LogP contribution in [0.4, 0.5) is 11.4 Å². The molecule has 32 heavy (non-hydrogen) atoms. The van der Waals surface area contributed by atoms with Gasteiger partial charge in [-0.05, 0) is 49.2 Å². The van der Waals surface area contributed by atoms with Crippen molar-refractivity contribution in [3.05, 3.63) is 95.6 Å². The van der Waals surface area contributed by atoms with Crippen LogP contribution in [0.15, 0.2) is 78.9 Å². The zero-order chi connectivity index (χ0) is 22.3. The number of benzene rings is 3. The van der Waals surface area contributed by atoms with E-state index in [9.17, 15) is 14.4 Å². The third-order valence-corrected chi connectivity index (χ3v) is 5.67. The van der Waals surface area contributed by atoms with Crippen molar-refractivity contribution in [1.82, 2.24) is 0 Å². The van der Waals surface area contributed by atoms with Gasteiger partial charge in [-0.3, -0.25) is 14.4 Å². The van der Waals surface area contributed by atoms with Crippen LogP contribution in [0.3, 0.4) is 0 Å². The minimum absolute atomic E-state index is 0.0484. The molecule has 0 radical (unpaired) electrons. The second-order valence-corrected chi connectivity index (χ2v) is 7.87. The third-order valence-electron chi connectivity index (χ3n) is 5.67. The molecule has 5 nitrogen and oxygen atoms in total. The van der Waals surface area contributed by atoms with Gasteiger partial charge in [-0.15, -0.1) is 0 Å². The van der Waals surface area contributed by atoms with E-state index in [1.54, 1.807) is 23.1 Å². The molecule has 5 heteroatoms. The number of hydrogen-bond acceptors (Lipinski definition) is 4. The van der Waals surface area contributed by atoms with Crippen LogP contribution < -0.4 is 10.2 Å². The van der Waals surface area contributed by atoms with Crippen molar-refractivity contribution in [1.29, 1.82) is 0 Å². The second kappa shape index (κ2) is 10.1. The number of para-hydroxylation sites is 2. The molecule has 0 spiro atoms. The molecule has 2 heterocycles. The molecule has 2 aliphatic rings. The first-order valence-corrected chi connectivity index (χ1v) is 11.0. The molecule has 0 aromatic heterocycles. The lowest BCUT2D eigenvalue weighted by molar-refractivity contribution is 0.0973. The fourth-order valence-corrected chi connectivity index (χ4v) is 4.03. The van der Waals surface area contributed by atoms with Crippen LogP contribution in [0, 0.1) is 0 Å². The quantitative estimate of drug-likeness (QED) is 0.567. The normalized spacial score (nSPS) is 15.2. The van der Waals surface area contributed by atoms with Crippen LogP contribution >= 0.6 is 0 Å². The van der Waals surface area contributed by atoms with Crippen molar-refractivity contribution < 1.29 is 14.4 Å². The first kappa shape index (κ1) is 21.5. The molecular weight excluding hydrogens is 400 g/mol. The minimum Gasteiger partial charge on any atom is -0.384 e. The number of anilines is 2. The monoisotopic (exact) mass is 426 g/mol. The van der Waals surface area contributed by atoms with Crippen molar-refractivity contribution >= 4 is 28.8 Å². The van der Waals surface area contributed by atoms with E-state index in [0.29, 0.717) is 36.9 Å². The molecule has 1 N–H and O–H groups in total. The summed E-state index contributed by atoms with van der Waals surface area (Å²) >= 11 is 0. The summed E-state index contributed by atoms with van der Waals surface area (Å²) in [5.74, 6) is 0.326. The van der Waals surface area contributed by atoms with Gasteiger partial charge >= 0.3 is 0 Å². The van der Waals surface area contributed by atoms with Gasteiger partial charge in [0, 0.05) is 48.3 Å². The number of amides is 1. The summed E-state index contributed by atoms with van der Waals surface area (Å²) in [5, 5.41) is 3.23. The zero-order valence-electron chi connectivity index (χ0n) is 17.9. The Kier molecular flexibility index (Phi) is 6.75. The summed E-state index contributed by atoms with van der Waals surface area (Å²) in [6.45, 7) is 1.49. The number of carbonyl (C=O) groups is 3. The largest absolute Gasteiger partial charge is 0.384 e. The summed E-state index contributed by atoms with van der Waals surface area (Å²) < 4.78 is 0. The van der Waals surface area contributed by atoms with Gasteiger partial charge in [-0.1, -0.05) is 42.5 Å². The van der Waals surface area contributed by atoms with Crippen molar-refractivity contribution in [3.8, 4) is 0 Å². The number of Topliss-reactive ketones (excluding diaryl/α,β-unsaturated/α-hetero) is 2. The molecular formula is C27H26N2O3. The lowest BCUT2D eigenvalue weighted by atomic mass is 10.1. The second-order valence-electron chi connectivity index (χ2n) is 7.87. The standard InChI is InChI=1S/C17H15NO2.C10H11NO/c19-16-11-6-12-18(15-10-5-4-9-14(15)16)17(20)13-7-2-1-3-8-13;12-10-6-3-7-11-9-5-2-1-4-8(9)10/h1-5,7-10H,6,11-12H2;1-2,4-5,11H,3,6-7H2. The summed E-state index contributed by atoms with van der Waals surface area (Å²) in [6, 6.07) is 24.2.